The van der Waals surface area contributed by atoms with Crippen LogP contribution in [0.2, 0.25) is 0 Å². The van der Waals surface area contributed by atoms with Gasteiger partial charge in [-0.15, -0.1) is 0 Å². The first-order chi connectivity index (χ1) is 7.52. The van der Waals surface area contributed by atoms with Crippen LogP contribution in [-0.4, -0.2) is 35.1 Å². The Bertz CT molecular complexity index is 380. The summed E-state index contributed by atoms with van der Waals surface area (Å²) in [5.41, 5.74) is 5.27. The minimum absolute atomic E-state index is 0.248. The summed E-state index contributed by atoms with van der Waals surface area (Å²) in [5.74, 6) is -1.11. The molecule has 1 amide bonds. The number of carbonyl (C=O) groups is 2. The number of nitrogens with zero attached hydrogens (tertiary/aromatic N) is 2. The summed E-state index contributed by atoms with van der Waals surface area (Å²) in [5, 5.41) is 8.57. The van der Waals surface area contributed by atoms with E-state index in [1.54, 1.807) is 24.4 Å². The van der Waals surface area contributed by atoms with Crippen LogP contribution in [-0.2, 0) is 9.59 Å². The van der Waals surface area contributed by atoms with Crippen LogP contribution in [0.4, 0.5) is 5.82 Å². The molecule has 0 aliphatic heterocycles. The monoisotopic (exact) mass is 223 g/mol. The third-order valence-corrected chi connectivity index (χ3v) is 2.08. The Morgan fingerprint density at radius 3 is 2.75 bits per heavy atom. The molecular formula is C10H13N3O3. The molecule has 6 heteroatoms. The van der Waals surface area contributed by atoms with Crippen molar-refractivity contribution in [2.24, 2.45) is 5.73 Å². The van der Waals surface area contributed by atoms with Crippen molar-refractivity contribution in [1.29, 1.82) is 0 Å². The number of rotatable bonds is 4. The maximum atomic E-state index is 11.6. The maximum Gasteiger partial charge on any atom is 0.321 e. The number of aliphatic carboxylic acids is 1. The number of anilines is 1. The van der Waals surface area contributed by atoms with Crippen LogP contribution in [0.3, 0.4) is 0 Å². The minimum Gasteiger partial charge on any atom is -0.480 e. The first kappa shape index (κ1) is 12.1. The number of carboxylic acids is 1. The lowest BCUT2D eigenvalue weighted by Gasteiger charge is -2.16. The number of amides is 1. The van der Waals surface area contributed by atoms with E-state index in [-0.39, 0.29) is 12.3 Å². The molecule has 0 unspecified atom stereocenters. The quantitative estimate of drug-likeness (QED) is 0.739. The van der Waals surface area contributed by atoms with E-state index >= 15 is 0 Å². The van der Waals surface area contributed by atoms with Crippen molar-refractivity contribution in [3.63, 3.8) is 0 Å². The number of hydrogen-bond acceptors (Lipinski definition) is 4. The molecule has 0 saturated carbocycles. The Morgan fingerprint density at radius 1 is 1.56 bits per heavy atom. The van der Waals surface area contributed by atoms with Gasteiger partial charge in [0.15, 0.2) is 0 Å². The molecule has 6 nitrogen and oxygen atoms in total. The SMILES string of the molecule is CN(C(=O)C[C@H](N)C(=O)O)c1ccccn1. The molecule has 0 aromatic carbocycles. The topological polar surface area (TPSA) is 96.5 Å². The molecular weight excluding hydrogens is 210 g/mol. The van der Waals surface area contributed by atoms with Gasteiger partial charge in [0.25, 0.3) is 0 Å². The molecule has 86 valence electrons. The van der Waals surface area contributed by atoms with E-state index in [1.165, 1.54) is 11.9 Å². The zero-order chi connectivity index (χ0) is 12.1. The molecule has 0 saturated heterocycles. The summed E-state index contributed by atoms with van der Waals surface area (Å²) in [7, 11) is 1.53. The highest BCUT2D eigenvalue weighted by Crippen LogP contribution is 2.08. The average molecular weight is 223 g/mol. The molecule has 0 radical (unpaired) electrons. The highest BCUT2D eigenvalue weighted by atomic mass is 16.4. The van der Waals surface area contributed by atoms with E-state index < -0.39 is 12.0 Å². The van der Waals surface area contributed by atoms with Gasteiger partial charge in [-0.1, -0.05) is 6.07 Å². The fourth-order valence-corrected chi connectivity index (χ4v) is 1.09. The molecule has 1 heterocycles. The van der Waals surface area contributed by atoms with Crippen LogP contribution in [0.5, 0.6) is 0 Å². The molecule has 1 aromatic rings. The Labute approximate surface area is 92.7 Å². The standard InChI is InChI=1S/C10H13N3O3/c1-13(8-4-2-3-5-12-8)9(14)6-7(11)10(15)16/h2-5,7H,6,11H2,1H3,(H,15,16)/t7-/m0/s1. The fourth-order valence-electron chi connectivity index (χ4n) is 1.09. The van der Waals surface area contributed by atoms with Gasteiger partial charge in [-0.3, -0.25) is 14.5 Å². The van der Waals surface area contributed by atoms with Gasteiger partial charge in [0.1, 0.15) is 11.9 Å². The normalized spacial score (nSPS) is 11.9. The largest absolute Gasteiger partial charge is 0.480 e. The van der Waals surface area contributed by atoms with Gasteiger partial charge in [0, 0.05) is 13.2 Å². The number of pyridine rings is 1. The van der Waals surface area contributed by atoms with Crippen molar-refractivity contribution in [3.05, 3.63) is 24.4 Å². The molecule has 0 fully saturated rings. The van der Waals surface area contributed by atoms with Crippen LogP contribution in [0.1, 0.15) is 6.42 Å². The summed E-state index contributed by atoms with van der Waals surface area (Å²) >= 11 is 0. The van der Waals surface area contributed by atoms with E-state index in [0.29, 0.717) is 5.82 Å². The fraction of sp³-hybridized carbons (Fsp3) is 0.300. The molecule has 0 spiro atoms. The van der Waals surface area contributed by atoms with Gasteiger partial charge in [-0.2, -0.15) is 0 Å². The van der Waals surface area contributed by atoms with Gasteiger partial charge in [0.05, 0.1) is 6.42 Å². The predicted molar refractivity (Wildman–Crippen MR) is 57.9 cm³/mol. The molecule has 1 atom stereocenters. The van der Waals surface area contributed by atoms with Crippen LogP contribution in [0, 0.1) is 0 Å². The Morgan fingerprint density at radius 2 is 2.25 bits per heavy atom. The number of carboxylic acid groups (broad SMARTS) is 1. The number of nitrogens with two attached hydrogens (primary N) is 1. The third kappa shape index (κ3) is 3.03. The van der Waals surface area contributed by atoms with Crippen molar-refractivity contribution in [1.82, 2.24) is 4.98 Å². The highest BCUT2D eigenvalue weighted by molar-refractivity contribution is 5.94. The van der Waals surface area contributed by atoms with Gasteiger partial charge in [0.2, 0.25) is 5.91 Å². The molecule has 1 aromatic heterocycles. The molecule has 0 bridgehead atoms. The molecule has 0 aliphatic rings. The van der Waals surface area contributed by atoms with Gasteiger partial charge in [-0.05, 0) is 12.1 Å². The lowest BCUT2D eigenvalue weighted by Crippen LogP contribution is -2.38. The van der Waals surface area contributed by atoms with E-state index in [9.17, 15) is 9.59 Å². The Balaban J connectivity index is 2.65. The van der Waals surface area contributed by atoms with E-state index in [0.717, 1.165) is 0 Å². The lowest BCUT2D eigenvalue weighted by molar-refractivity contribution is -0.140. The molecule has 0 aliphatic carbocycles. The van der Waals surface area contributed by atoms with Gasteiger partial charge >= 0.3 is 5.97 Å². The summed E-state index contributed by atoms with van der Waals surface area (Å²) in [6.45, 7) is 0. The summed E-state index contributed by atoms with van der Waals surface area (Å²) in [6, 6.07) is 3.94. The maximum absolute atomic E-state index is 11.6. The van der Waals surface area contributed by atoms with E-state index in [1.807, 2.05) is 0 Å². The van der Waals surface area contributed by atoms with Gasteiger partial charge < -0.3 is 10.8 Å². The van der Waals surface area contributed by atoms with Gasteiger partial charge in [-0.25, -0.2) is 4.98 Å². The van der Waals surface area contributed by atoms with Crippen LogP contribution < -0.4 is 10.6 Å². The number of carbonyl (C=O) groups excluding carboxylic acids is 1. The van der Waals surface area contributed by atoms with Crippen molar-refractivity contribution >= 4 is 17.7 Å². The Kier molecular flexibility index (Phi) is 3.96. The zero-order valence-electron chi connectivity index (χ0n) is 8.83. The zero-order valence-corrected chi connectivity index (χ0v) is 8.83. The van der Waals surface area contributed by atoms with E-state index in [4.69, 9.17) is 10.8 Å². The van der Waals surface area contributed by atoms with Crippen molar-refractivity contribution in [2.45, 2.75) is 12.5 Å². The number of hydrogen-bond donors (Lipinski definition) is 2. The second kappa shape index (κ2) is 5.22. The average Bonchev–Trinajstić information content (AvgIpc) is 2.28. The second-order valence-electron chi connectivity index (χ2n) is 3.29. The van der Waals surface area contributed by atoms with Crippen LogP contribution in [0.25, 0.3) is 0 Å². The summed E-state index contributed by atoms with van der Waals surface area (Å²) in [4.78, 5) is 27.3. The number of aromatic nitrogens is 1. The summed E-state index contributed by atoms with van der Waals surface area (Å²) < 4.78 is 0. The Hall–Kier alpha value is -1.95. The summed E-state index contributed by atoms with van der Waals surface area (Å²) in [6.07, 6.45) is 1.30. The predicted octanol–water partition coefficient (Wildman–Crippen LogP) is -0.154. The molecule has 3 N–H and O–H groups in total. The van der Waals surface area contributed by atoms with Crippen LogP contribution in [0.15, 0.2) is 24.4 Å². The van der Waals surface area contributed by atoms with Crippen molar-refractivity contribution in [3.8, 4) is 0 Å². The molecule has 1 rings (SSSR count). The minimum atomic E-state index is -1.19. The van der Waals surface area contributed by atoms with Crippen LogP contribution >= 0.6 is 0 Å². The first-order valence-corrected chi connectivity index (χ1v) is 4.68. The van der Waals surface area contributed by atoms with E-state index in [2.05, 4.69) is 4.98 Å². The smallest absolute Gasteiger partial charge is 0.321 e. The second-order valence-corrected chi connectivity index (χ2v) is 3.29. The highest BCUT2D eigenvalue weighted by Gasteiger charge is 2.20. The van der Waals surface area contributed by atoms with Crippen molar-refractivity contribution < 1.29 is 14.7 Å². The third-order valence-electron chi connectivity index (χ3n) is 2.08. The first-order valence-electron chi connectivity index (χ1n) is 4.68. The molecule has 16 heavy (non-hydrogen) atoms. The lowest BCUT2D eigenvalue weighted by atomic mass is 10.2. The van der Waals surface area contributed by atoms with Crippen molar-refractivity contribution in [2.75, 3.05) is 11.9 Å².